The Balaban J connectivity index is 1.22. The van der Waals surface area contributed by atoms with Crippen LogP contribution in [0.3, 0.4) is 0 Å². The maximum Gasteiger partial charge on any atom is 0.253 e. The fraction of sp³-hybridized carbons (Fsp3) is 0.593. The monoisotopic (exact) mass is 448 g/mol. The molecular formula is C27H36N4O2. The standard InChI is InChI=1S/C27H36N4O2/c32-26-18-24(28-25-12-5-2-7-15-31(25)26)22-13-16-29(19-22)20-27(33)30-14-8-6-11-23(30)17-21-9-3-1-4-10-21/h1,3-4,9-10,18,22-23H,2,5-8,11-17,19-20H2. The van der Waals surface area contributed by atoms with E-state index in [4.69, 9.17) is 4.98 Å². The Labute approximate surface area is 196 Å². The summed E-state index contributed by atoms with van der Waals surface area (Å²) >= 11 is 0. The molecule has 4 heterocycles. The van der Waals surface area contributed by atoms with Crippen LogP contribution in [-0.2, 0) is 24.2 Å². The highest BCUT2D eigenvalue weighted by molar-refractivity contribution is 5.78. The molecule has 5 rings (SSSR count). The number of aryl methyl sites for hydroxylation is 1. The highest BCUT2D eigenvalue weighted by Crippen LogP contribution is 2.27. The van der Waals surface area contributed by atoms with Crippen LogP contribution in [0.5, 0.6) is 0 Å². The zero-order chi connectivity index (χ0) is 22.6. The van der Waals surface area contributed by atoms with Crippen LogP contribution in [0.25, 0.3) is 0 Å². The van der Waals surface area contributed by atoms with Gasteiger partial charge in [0.25, 0.3) is 5.56 Å². The lowest BCUT2D eigenvalue weighted by Crippen LogP contribution is -2.48. The smallest absolute Gasteiger partial charge is 0.253 e. The zero-order valence-corrected chi connectivity index (χ0v) is 19.6. The van der Waals surface area contributed by atoms with Gasteiger partial charge in [0.05, 0.1) is 12.2 Å². The van der Waals surface area contributed by atoms with Gasteiger partial charge in [0.2, 0.25) is 5.91 Å². The van der Waals surface area contributed by atoms with Gasteiger partial charge in [-0.2, -0.15) is 0 Å². The highest BCUT2D eigenvalue weighted by atomic mass is 16.2. The molecular weight excluding hydrogens is 412 g/mol. The Bertz CT molecular complexity index is 1020. The van der Waals surface area contributed by atoms with Crippen molar-refractivity contribution < 1.29 is 4.79 Å². The largest absolute Gasteiger partial charge is 0.338 e. The van der Waals surface area contributed by atoms with Gasteiger partial charge in [-0.1, -0.05) is 36.8 Å². The number of likely N-dealkylation sites (tertiary alicyclic amines) is 2. The number of carbonyl (C=O) groups excluding carboxylic acids is 1. The minimum atomic E-state index is 0.100. The van der Waals surface area contributed by atoms with Crippen LogP contribution in [-0.4, -0.2) is 57.5 Å². The number of piperidine rings is 1. The first-order valence-electron chi connectivity index (χ1n) is 12.8. The van der Waals surface area contributed by atoms with E-state index >= 15 is 0 Å². The summed E-state index contributed by atoms with van der Waals surface area (Å²) in [5.41, 5.74) is 2.34. The summed E-state index contributed by atoms with van der Waals surface area (Å²) in [4.78, 5) is 35.3. The second-order valence-corrected chi connectivity index (χ2v) is 10.0. The van der Waals surface area contributed by atoms with Crippen molar-refractivity contribution in [3.05, 3.63) is 63.8 Å². The van der Waals surface area contributed by atoms with Crippen molar-refractivity contribution >= 4 is 5.91 Å². The summed E-state index contributed by atoms with van der Waals surface area (Å²) in [5, 5.41) is 0. The van der Waals surface area contributed by atoms with Gasteiger partial charge in [0.15, 0.2) is 0 Å². The minimum Gasteiger partial charge on any atom is -0.338 e. The van der Waals surface area contributed by atoms with Gasteiger partial charge in [0.1, 0.15) is 5.82 Å². The number of carbonyl (C=O) groups is 1. The molecule has 176 valence electrons. The summed E-state index contributed by atoms with van der Waals surface area (Å²) in [6, 6.07) is 12.6. The first kappa shape index (κ1) is 22.3. The molecule has 3 aliphatic rings. The third-order valence-corrected chi connectivity index (χ3v) is 7.70. The average molecular weight is 449 g/mol. The molecule has 1 aromatic carbocycles. The number of hydrogen-bond acceptors (Lipinski definition) is 4. The number of hydrogen-bond donors (Lipinski definition) is 0. The topological polar surface area (TPSA) is 58.4 Å². The Hall–Kier alpha value is -2.47. The molecule has 6 nitrogen and oxygen atoms in total. The van der Waals surface area contributed by atoms with E-state index in [1.807, 2.05) is 10.6 Å². The predicted molar refractivity (Wildman–Crippen MR) is 129 cm³/mol. The molecule has 0 saturated carbocycles. The van der Waals surface area contributed by atoms with Crippen LogP contribution < -0.4 is 5.56 Å². The van der Waals surface area contributed by atoms with Gasteiger partial charge < -0.3 is 4.90 Å². The van der Waals surface area contributed by atoms with Crippen LogP contribution >= 0.6 is 0 Å². The fourth-order valence-corrected chi connectivity index (χ4v) is 5.87. The van der Waals surface area contributed by atoms with Gasteiger partial charge in [-0.15, -0.1) is 0 Å². The molecule has 0 N–H and O–H groups in total. The van der Waals surface area contributed by atoms with E-state index in [9.17, 15) is 9.59 Å². The van der Waals surface area contributed by atoms with E-state index in [1.54, 1.807) is 6.07 Å². The van der Waals surface area contributed by atoms with Crippen LogP contribution in [0.15, 0.2) is 41.2 Å². The van der Waals surface area contributed by atoms with E-state index in [0.717, 1.165) is 82.6 Å². The van der Waals surface area contributed by atoms with E-state index < -0.39 is 0 Å². The molecule has 2 unspecified atom stereocenters. The van der Waals surface area contributed by atoms with Crippen molar-refractivity contribution in [3.63, 3.8) is 0 Å². The third-order valence-electron chi connectivity index (χ3n) is 7.70. The molecule has 2 fully saturated rings. The molecule has 0 radical (unpaired) electrons. The molecule has 33 heavy (non-hydrogen) atoms. The summed E-state index contributed by atoms with van der Waals surface area (Å²) in [7, 11) is 0. The molecule has 6 heteroatoms. The zero-order valence-electron chi connectivity index (χ0n) is 19.6. The van der Waals surface area contributed by atoms with Crippen LogP contribution in [0, 0.1) is 0 Å². The maximum atomic E-state index is 13.3. The lowest BCUT2D eigenvalue weighted by molar-refractivity contribution is -0.135. The summed E-state index contributed by atoms with van der Waals surface area (Å²) < 4.78 is 1.87. The molecule has 1 amide bonds. The first-order chi connectivity index (χ1) is 16.2. The van der Waals surface area contributed by atoms with Gasteiger partial charge in [-0.05, 0) is 57.1 Å². The minimum absolute atomic E-state index is 0.100. The lowest BCUT2D eigenvalue weighted by Gasteiger charge is -2.37. The van der Waals surface area contributed by atoms with Gasteiger partial charge >= 0.3 is 0 Å². The van der Waals surface area contributed by atoms with Crippen molar-refractivity contribution in [1.82, 2.24) is 19.4 Å². The quantitative estimate of drug-likeness (QED) is 0.704. The normalized spacial score (nSPS) is 23.8. The Morgan fingerprint density at radius 1 is 0.970 bits per heavy atom. The van der Waals surface area contributed by atoms with Gasteiger partial charge in [0, 0.05) is 44.1 Å². The number of benzene rings is 1. The summed E-state index contributed by atoms with van der Waals surface area (Å²) in [5.74, 6) is 1.47. The van der Waals surface area contributed by atoms with Crippen molar-refractivity contribution in [2.24, 2.45) is 0 Å². The van der Waals surface area contributed by atoms with E-state index in [-0.39, 0.29) is 17.4 Å². The molecule has 2 atom stereocenters. The number of amides is 1. The second kappa shape index (κ2) is 10.2. The molecule has 3 aliphatic heterocycles. The Kier molecular flexibility index (Phi) is 6.91. The fourth-order valence-electron chi connectivity index (χ4n) is 5.87. The number of rotatable bonds is 5. The van der Waals surface area contributed by atoms with E-state index in [1.165, 1.54) is 18.4 Å². The third kappa shape index (κ3) is 5.21. The molecule has 1 aromatic heterocycles. The van der Waals surface area contributed by atoms with Crippen LogP contribution in [0.1, 0.15) is 67.9 Å². The SMILES string of the molecule is O=C(CN1CCC(c2cc(=O)n3c(n2)CCCCC3)C1)N1CCCCC1Cc1ccccc1. The number of nitrogens with zero attached hydrogens (tertiary/aromatic N) is 4. The van der Waals surface area contributed by atoms with Crippen molar-refractivity contribution in [2.75, 3.05) is 26.2 Å². The van der Waals surface area contributed by atoms with Crippen LogP contribution in [0.2, 0.25) is 0 Å². The predicted octanol–water partition coefficient (Wildman–Crippen LogP) is 3.38. The van der Waals surface area contributed by atoms with Crippen molar-refractivity contribution in [1.29, 1.82) is 0 Å². The van der Waals surface area contributed by atoms with E-state index in [0.29, 0.717) is 12.6 Å². The number of aromatic nitrogens is 2. The summed E-state index contributed by atoms with van der Waals surface area (Å²) in [6.07, 6.45) is 9.54. The lowest BCUT2D eigenvalue weighted by atomic mass is 9.95. The molecule has 0 spiro atoms. The van der Waals surface area contributed by atoms with Crippen LogP contribution in [0.4, 0.5) is 0 Å². The Morgan fingerprint density at radius 3 is 2.70 bits per heavy atom. The maximum absolute atomic E-state index is 13.3. The highest BCUT2D eigenvalue weighted by Gasteiger charge is 2.31. The van der Waals surface area contributed by atoms with Crippen molar-refractivity contribution in [3.8, 4) is 0 Å². The second-order valence-electron chi connectivity index (χ2n) is 10.0. The van der Waals surface area contributed by atoms with Crippen molar-refractivity contribution in [2.45, 2.75) is 76.3 Å². The first-order valence-corrected chi connectivity index (χ1v) is 12.8. The Morgan fingerprint density at radius 2 is 1.82 bits per heavy atom. The average Bonchev–Trinajstić information content (AvgIpc) is 3.15. The molecule has 0 aliphatic carbocycles. The van der Waals surface area contributed by atoms with Gasteiger partial charge in [-0.3, -0.25) is 19.1 Å². The molecule has 0 bridgehead atoms. The summed E-state index contributed by atoms with van der Waals surface area (Å²) in [6.45, 7) is 3.86. The molecule has 2 saturated heterocycles. The molecule has 2 aromatic rings. The number of fused-ring (bicyclic) bond motifs is 1. The van der Waals surface area contributed by atoms with E-state index in [2.05, 4.69) is 34.1 Å². The van der Waals surface area contributed by atoms with Gasteiger partial charge in [-0.25, -0.2) is 4.98 Å².